The van der Waals surface area contributed by atoms with E-state index in [9.17, 15) is 9.59 Å². The molecule has 8 heteroatoms. The van der Waals surface area contributed by atoms with E-state index in [4.69, 9.17) is 4.74 Å². The van der Waals surface area contributed by atoms with Crippen LogP contribution in [0.25, 0.3) is 0 Å². The van der Waals surface area contributed by atoms with Gasteiger partial charge in [0.15, 0.2) is 5.16 Å². The molecule has 0 spiro atoms. The Hall–Kier alpha value is -1.93. The first-order chi connectivity index (χ1) is 12.5. The van der Waals surface area contributed by atoms with E-state index in [0.717, 1.165) is 17.9 Å². The fraction of sp³-hybridized carbons (Fsp3) is 0.389. The van der Waals surface area contributed by atoms with E-state index < -0.39 is 5.25 Å². The van der Waals surface area contributed by atoms with Gasteiger partial charge >= 0.3 is 0 Å². The first kappa shape index (κ1) is 20.4. The topological polar surface area (TPSA) is 84.1 Å². The molecule has 1 heterocycles. The van der Waals surface area contributed by atoms with Gasteiger partial charge in [0.25, 0.3) is 5.56 Å². The van der Waals surface area contributed by atoms with E-state index in [1.165, 1.54) is 17.8 Å². The van der Waals surface area contributed by atoms with Crippen LogP contribution in [0.3, 0.4) is 0 Å². The lowest BCUT2D eigenvalue weighted by atomic mass is 10.3. The summed E-state index contributed by atoms with van der Waals surface area (Å²) in [5, 5.41) is 2.87. The second kappa shape index (κ2) is 10.3. The Balaban J connectivity index is 2.03. The van der Waals surface area contributed by atoms with Gasteiger partial charge in [0, 0.05) is 11.8 Å². The molecule has 0 aliphatic rings. The molecule has 0 aliphatic carbocycles. The summed E-state index contributed by atoms with van der Waals surface area (Å²) in [6.45, 7) is 3.88. The molecule has 2 rings (SSSR count). The van der Waals surface area contributed by atoms with Crippen LogP contribution in [0.1, 0.15) is 26.0 Å². The summed E-state index contributed by atoms with van der Waals surface area (Å²) in [5.41, 5.74) is 1.14. The maximum Gasteiger partial charge on any atom is 0.251 e. The van der Waals surface area contributed by atoms with Gasteiger partial charge in [-0.2, -0.15) is 11.8 Å². The molecule has 0 fully saturated rings. The molecule has 0 bridgehead atoms. The second-order valence-electron chi connectivity index (χ2n) is 5.54. The van der Waals surface area contributed by atoms with E-state index in [0.29, 0.717) is 22.3 Å². The highest BCUT2D eigenvalue weighted by Gasteiger charge is 2.17. The minimum Gasteiger partial charge on any atom is -0.495 e. The molecule has 1 atom stereocenters. The molecule has 0 aliphatic heterocycles. The molecule has 1 amide bonds. The van der Waals surface area contributed by atoms with E-state index in [1.54, 1.807) is 37.9 Å². The highest BCUT2D eigenvalue weighted by Crippen LogP contribution is 2.25. The van der Waals surface area contributed by atoms with Crippen LogP contribution in [-0.2, 0) is 10.5 Å². The van der Waals surface area contributed by atoms with Gasteiger partial charge in [-0.15, -0.1) is 0 Å². The van der Waals surface area contributed by atoms with Crippen molar-refractivity contribution in [3.8, 4) is 5.75 Å². The zero-order chi connectivity index (χ0) is 18.9. The Bertz CT molecular complexity index is 795. The Kier molecular flexibility index (Phi) is 8.06. The number of methoxy groups -OCH3 is 1. The summed E-state index contributed by atoms with van der Waals surface area (Å²) in [4.78, 5) is 31.4. The van der Waals surface area contributed by atoms with Gasteiger partial charge in [0.1, 0.15) is 5.75 Å². The number of nitrogens with zero attached hydrogens (tertiary/aromatic N) is 1. The monoisotopic (exact) mass is 393 g/mol. The molecule has 26 heavy (non-hydrogen) atoms. The van der Waals surface area contributed by atoms with E-state index >= 15 is 0 Å². The van der Waals surface area contributed by atoms with Crippen molar-refractivity contribution in [2.24, 2.45) is 0 Å². The van der Waals surface area contributed by atoms with Crippen LogP contribution in [0.2, 0.25) is 0 Å². The SMILES string of the molecule is CCCSCc1cc(=O)[nH]c(SC(C)C(=O)Nc2ccccc2OC)n1. The summed E-state index contributed by atoms with van der Waals surface area (Å²) in [5.74, 6) is 2.12. The molecule has 2 aromatic rings. The fourth-order valence-electron chi connectivity index (χ4n) is 2.14. The van der Waals surface area contributed by atoms with Crippen molar-refractivity contribution < 1.29 is 9.53 Å². The Morgan fingerprint density at radius 3 is 2.88 bits per heavy atom. The molecule has 0 radical (unpaired) electrons. The van der Waals surface area contributed by atoms with Gasteiger partial charge in [-0.1, -0.05) is 30.8 Å². The van der Waals surface area contributed by atoms with Crippen LogP contribution in [0.15, 0.2) is 40.3 Å². The molecule has 6 nitrogen and oxygen atoms in total. The van der Waals surface area contributed by atoms with Gasteiger partial charge < -0.3 is 15.0 Å². The summed E-state index contributed by atoms with van der Waals surface area (Å²) in [6.07, 6.45) is 1.08. The quantitative estimate of drug-likeness (QED) is 0.385. The lowest BCUT2D eigenvalue weighted by Gasteiger charge is -2.14. The number of aromatic amines is 1. The number of carbonyl (C=O) groups excluding carboxylic acids is 1. The van der Waals surface area contributed by atoms with Crippen molar-refractivity contribution in [3.05, 3.63) is 46.4 Å². The van der Waals surface area contributed by atoms with Crippen molar-refractivity contribution in [3.63, 3.8) is 0 Å². The molecule has 140 valence electrons. The second-order valence-corrected chi connectivity index (χ2v) is 7.98. The maximum absolute atomic E-state index is 12.5. The minimum atomic E-state index is -0.429. The molecular weight excluding hydrogens is 370 g/mol. The van der Waals surface area contributed by atoms with E-state index in [1.807, 2.05) is 12.1 Å². The molecule has 0 saturated carbocycles. The normalized spacial score (nSPS) is 11.8. The fourth-order valence-corrected chi connectivity index (χ4v) is 3.76. The third-order valence-corrected chi connectivity index (χ3v) is 5.57. The number of ether oxygens (including phenoxy) is 1. The maximum atomic E-state index is 12.5. The first-order valence-electron chi connectivity index (χ1n) is 8.32. The third-order valence-electron chi connectivity index (χ3n) is 3.39. The number of carbonyl (C=O) groups is 1. The summed E-state index contributed by atoms with van der Waals surface area (Å²) >= 11 is 2.96. The number of rotatable bonds is 9. The average molecular weight is 394 g/mol. The molecular formula is C18H23N3O3S2. The number of nitrogens with one attached hydrogen (secondary N) is 2. The van der Waals surface area contributed by atoms with Crippen LogP contribution in [0.5, 0.6) is 5.75 Å². The average Bonchev–Trinajstić information content (AvgIpc) is 2.62. The highest BCUT2D eigenvalue weighted by atomic mass is 32.2. The number of H-pyrrole nitrogens is 1. The third kappa shape index (κ3) is 6.10. The summed E-state index contributed by atoms with van der Waals surface area (Å²) in [6, 6.07) is 8.73. The standard InChI is InChI=1S/C18H23N3O3S2/c1-4-9-25-11-13-10-16(22)21-18(19-13)26-12(2)17(23)20-14-7-5-6-8-15(14)24-3/h5-8,10,12H,4,9,11H2,1-3H3,(H,20,23)(H,19,21,22). The van der Waals surface area contributed by atoms with Crippen LogP contribution >= 0.6 is 23.5 Å². The number of hydrogen-bond donors (Lipinski definition) is 2. The number of aromatic nitrogens is 2. The molecule has 0 saturated heterocycles. The molecule has 1 unspecified atom stereocenters. The van der Waals surface area contributed by atoms with Gasteiger partial charge in [-0.25, -0.2) is 4.98 Å². The smallest absolute Gasteiger partial charge is 0.251 e. The molecule has 1 aromatic heterocycles. The molecule has 2 N–H and O–H groups in total. The number of benzene rings is 1. The largest absolute Gasteiger partial charge is 0.495 e. The lowest BCUT2D eigenvalue weighted by molar-refractivity contribution is -0.115. The summed E-state index contributed by atoms with van der Waals surface area (Å²) in [7, 11) is 1.56. The first-order valence-corrected chi connectivity index (χ1v) is 10.4. The Labute approximate surface area is 161 Å². The Morgan fingerprint density at radius 1 is 1.38 bits per heavy atom. The van der Waals surface area contributed by atoms with Gasteiger partial charge in [0.2, 0.25) is 5.91 Å². The van der Waals surface area contributed by atoms with Gasteiger partial charge in [0.05, 0.1) is 23.7 Å². The van der Waals surface area contributed by atoms with Gasteiger partial charge in [-0.05, 0) is 31.2 Å². The van der Waals surface area contributed by atoms with Crippen molar-refractivity contribution in [2.75, 3.05) is 18.2 Å². The van der Waals surface area contributed by atoms with Crippen molar-refractivity contribution >= 4 is 35.1 Å². The van der Waals surface area contributed by atoms with E-state index in [-0.39, 0.29) is 11.5 Å². The summed E-state index contributed by atoms with van der Waals surface area (Å²) < 4.78 is 5.24. The van der Waals surface area contributed by atoms with Crippen LogP contribution < -0.4 is 15.6 Å². The van der Waals surface area contributed by atoms with Gasteiger partial charge in [-0.3, -0.25) is 9.59 Å². The van der Waals surface area contributed by atoms with Crippen LogP contribution in [0.4, 0.5) is 5.69 Å². The van der Waals surface area contributed by atoms with Crippen LogP contribution in [0, 0.1) is 0 Å². The highest BCUT2D eigenvalue weighted by molar-refractivity contribution is 8.00. The number of para-hydroxylation sites is 2. The van der Waals surface area contributed by atoms with Crippen molar-refractivity contribution in [1.29, 1.82) is 0 Å². The number of thioether (sulfide) groups is 2. The van der Waals surface area contributed by atoms with E-state index in [2.05, 4.69) is 22.2 Å². The lowest BCUT2D eigenvalue weighted by Crippen LogP contribution is -2.23. The number of anilines is 1. The Morgan fingerprint density at radius 2 is 2.15 bits per heavy atom. The minimum absolute atomic E-state index is 0.187. The van der Waals surface area contributed by atoms with Crippen molar-refractivity contribution in [2.45, 2.75) is 36.4 Å². The predicted molar refractivity (Wildman–Crippen MR) is 108 cm³/mol. The zero-order valence-electron chi connectivity index (χ0n) is 15.1. The zero-order valence-corrected chi connectivity index (χ0v) is 16.7. The number of amides is 1. The molecule has 1 aromatic carbocycles. The predicted octanol–water partition coefficient (Wildman–Crippen LogP) is 3.54. The van der Waals surface area contributed by atoms with Crippen molar-refractivity contribution in [1.82, 2.24) is 9.97 Å². The van der Waals surface area contributed by atoms with Crippen LogP contribution in [-0.4, -0.2) is 34.0 Å². The number of hydrogen-bond acceptors (Lipinski definition) is 6.